The number of fused-ring (bicyclic) bond motifs is 1. The Morgan fingerprint density at radius 3 is 2.92 bits per heavy atom. The molecular weight excluding hydrogens is 221 g/mol. The van der Waals surface area contributed by atoms with Crippen LogP contribution in [-0.4, -0.2) is 4.98 Å². The molecule has 1 aromatic heterocycles. The van der Waals surface area contributed by atoms with Gasteiger partial charge in [0.15, 0.2) is 0 Å². The summed E-state index contributed by atoms with van der Waals surface area (Å²) in [6.45, 7) is 0. The lowest BCUT2D eigenvalue weighted by Gasteiger charge is -1.98. The molecule has 0 bridgehead atoms. The van der Waals surface area contributed by atoms with Crippen molar-refractivity contribution in [2.45, 2.75) is 0 Å². The van der Waals surface area contributed by atoms with Crippen molar-refractivity contribution in [3.63, 3.8) is 0 Å². The quantitative estimate of drug-likeness (QED) is 0.629. The van der Waals surface area contributed by atoms with Gasteiger partial charge in [0.2, 0.25) is 0 Å². The summed E-state index contributed by atoms with van der Waals surface area (Å²) in [5.74, 6) is -0.222. The minimum atomic E-state index is -0.222. The third kappa shape index (κ3) is 1.20. The molecule has 1 aromatic carbocycles. The summed E-state index contributed by atoms with van der Waals surface area (Å²) in [6.07, 6.45) is 1.64. The van der Waals surface area contributed by atoms with Crippen molar-refractivity contribution >= 4 is 26.7 Å². The van der Waals surface area contributed by atoms with E-state index in [4.69, 9.17) is 0 Å². The molecule has 0 aliphatic rings. The Bertz CT molecular complexity index is 428. The van der Waals surface area contributed by atoms with Crippen LogP contribution in [0.2, 0.25) is 0 Å². The van der Waals surface area contributed by atoms with Crippen LogP contribution in [0.4, 0.5) is 4.39 Å². The lowest BCUT2D eigenvalue weighted by molar-refractivity contribution is 0.629. The van der Waals surface area contributed by atoms with Crippen LogP contribution in [0.5, 0.6) is 0 Å². The molecule has 0 saturated carbocycles. The third-order valence-electron chi connectivity index (χ3n) is 1.68. The fourth-order valence-corrected chi connectivity index (χ4v) is 1.59. The summed E-state index contributed by atoms with van der Waals surface area (Å²) in [4.78, 5) is 4.03. The smallest absolute Gasteiger partial charge is 0.123 e. The van der Waals surface area contributed by atoms with Gasteiger partial charge in [-0.05, 0) is 45.6 Å². The first-order valence-corrected chi connectivity index (χ1v) is 4.26. The van der Waals surface area contributed by atoms with Gasteiger partial charge < -0.3 is 0 Å². The molecule has 0 radical (unpaired) electrons. The lowest BCUT2D eigenvalue weighted by atomic mass is 10.2. The molecule has 12 heavy (non-hydrogen) atoms. The standard InChI is InChI=1S/C9H5BrFN/c10-9-8-2-1-7(11)5-6(8)3-4-12-9/h1-5H. The molecule has 0 N–H and O–H groups in total. The zero-order valence-electron chi connectivity index (χ0n) is 6.09. The van der Waals surface area contributed by atoms with Crippen molar-refractivity contribution in [1.82, 2.24) is 4.98 Å². The molecule has 0 atom stereocenters. The molecule has 0 aliphatic heterocycles. The average Bonchev–Trinajstić information content (AvgIpc) is 2.04. The first-order valence-electron chi connectivity index (χ1n) is 3.47. The van der Waals surface area contributed by atoms with Crippen LogP contribution >= 0.6 is 15.9 Å². The van der Waals surface area contributed by atoms with E-state index in [2.05, 4.69) is 20.9 Å². The Labute approximate surface area is 77.4 Å². The second-order valence-corrected chi connectivity index (χ2v) is 3.22. The number of aromatic nitrogens is 1. The molecule has 0 saturated heterocycles. The fraction of sp³-hybridized carbons (Fsp3) is 0. The lowest BCUT2D eigenvalue weighted by Crippen LogP contribution is -1.80. The molecule has 0 amide bonds. The highest BCUT2D eigenvalue weighted by atomic mass is 79.9. The van der Waals surface area contributed by atoms with Crippen LogP contribution in [0.1, 0.15) is 0 Å². The Morgan fingerprint density at radius 1 is 1.25 bits per heavy atom. The highest BCUT2D eigenvalue weighted by Gasteiger charge is 1.98. The molecule has 2 aromatic rings. The van der Waals surface area contributed by atoms with E-state index < -0.39 is 0 Å². The minimum absolute atomic E-state index is 0.222. The number of hydrogen-bond donors (Lipinski definition) is 0. The maximum absolute atomic E-state index is 12.7. The second kappa shape index (κ2) is 2.83. The van der Waals surface area contributed by atoms with Crippen molar-refractivity contribution in [2.75, 3.05) is 0 Å². The van der Waals surface area contributed by atoms with E-state index in [1.165, 1.54) is 12.1 Å². The number of benzene rings is 1. The summed E-state index contributed by atoms with van der Waals surface area (Å²) >= 11 is 3.29. The molecular formula is C9H5BrFN. The predicted molar refractivity (Wildman–Crippen MR) is 49.4 cm³/mol. The maximum Gasteiger partial charge on any atom is 0.123 e. The summed E-state index contributed by atoms with van der Waals surface area (Å²) in [5, 5.41) is 1.79. The van der Waals surface area contributed by atoms with E-state index in [0.29, 0.717) is 0 Å². The summed E-state index contributed by atoms with van der Waals surface area (Å²) in [7, 11) is 0. The number of nitrogens with zero attached hydrogens (tertiary/aromatic N) is 1. The van der Waals surface area contributed by atoms with Crippen molar-refractivity contribution in [1.29, 1.82) is 0 Å². The van der Waals surface area contributed by atoms with Gasteiger partial charge in [-0.15, -0.1) is 0 Å². The van der Waals surface area contributed by atoms with Gasteiger partial charge in [0.1, 0.15) is 10.4 Å². The average molecular weight is 226 g/mol. The Hall–Kier alpha value is -0.960. The van der Waals surface area contributed by atoms with E-state index in [0.717, 1.165) is 15.4 Å². The molecule has 1 heterocycles. The van der Waals surface area contributed by atoms with Crippen LogP contribution in [-0.2, 0) is 0 Å². The van der Waals surface area contributed by atoms with Gasteiger partial charge >= 0.3 is 0 Å². The minimum Gasteiger partial charge on any atom is -0.249 e. The predicted octanol–water partition coefficient (Wildman–Crippen LogP) is 3.14. The maximum atomic E-state index is 12.7. The summed E-state index contributed by atoms with van der Waals surface area (Å²) < 4.78 is 13.5. The van der Waals surface area contributed by atoms with Gasteiger partial charge in [0, 0.05) is 11.6 Å². The van der Waals surface area contributed by atoms with Gasteiger partial charge in [-0.1, -0.05) is 0 Å². The van der Waals surface area contributed by atoms with Crippen LogP contribution in [0.25, 0.3) is 10.8 Å². The number of rotatable bonds is 0. The molecule has 0 spiro atoms. The number of hydrogen-bond acceptors (Lipinski definition) is 1. The number of halogens is 2. The Balaban J connectivity index is 2.86. The molecule has 0 aliphatic carbocycles. The largest absolute Gasteiger partial charge is 0.249 e. The summed E-state index contributed by atoms with van der Waals surface area (Å²) in [5.41, 5.74) is 0. The van der Waals surface area contributed by atoms with E-state index in [-0.39, 0.29) is 5.82 Å². The van der Waals surface area contributed by atoms with Crippen LogP contribution in [0.3, 0.4) is 0 Å². The van der Waals surface area contributed by atoms with Crippen molar-refractivity contribution < 1.29 is 4.39 Å². The molecule has 0 fully saturated rings. The highest BCUT2D eigenvalue weighted by molar-refractivity contribution is 9.10. The van der Waals surface area contributed by atoms with Gasteiger partial charge in [-0.2, -0.15) is 0 Å². The topological polar surface area (TPSA) is 12.9 Å². The van der Waals surface area contributed by atoms with E-state index in [9.17, 15) is 4.39 Å². The van der Waals surface area contributed by atoms with Crippen LogP contribution < -0.4 is 0 Å². The third-order valence-corrected chi connectivity index (χ3v) is 2.31. The molecule has 2 rings (SSSR count). The molecule has 1 nitrogen and oxygen atoms in total. The van der Waals surface area contributed by atoms with Crippen molar-refractivity contribution in [3.05, 3.63) is 40.9 Å². The van der Waals surface area contributed by atoms with E-state index in [1.807, 2.05) is 0 Å². The first kappa shape index (κ1) is 7.68. The molecule has 0 unspecified atom stereocenters. The number of pyridine rings is 1. The van der Waals surface area contributed by atoms with Crippen molar-refractivity contribution in [2.24, 2.45) is 0 Å². The molecule has 3 heteroatoms. The SMILES string of the molecule is Fc1ccc2c(Br)nccc2c1. The Morgan fingerprint density at radius 2 is 2.08 bits per heavy atom. The van der Waals surface area contributed by atoms with Crippen molar-refractivity contribution in [3.8, 4) is 0 Å². The van der Waals surface area contributed by atoms with Crippen LogP contribution in [0, 0.1) is 5.82 Å². The Kier molecular flexibility index (Phi) is 1.81. The normalized spacial score (nSPS) is 10.5. The zero-order chi connectivity index (χ0) is 8.55. The second-order valence-electron chi connectivity index (χ2n) is 2.47. The zero-order valence-corrected chi connectivity index (χ0v) is 7.68. The molecule has 60 valence electrons. The van der Waals surface area contributed by atoms with Gasteiger partial charge in [-0.3, -0.25) is 0 Å². The fourth-order valence-electron chi connectivity index (χ4n) is 1.11. The summed E-state index contributed by atoms with van der Waals surface area (Å²) in [6, 6.07) is 6.40. The van der Waals surface area contributed by atoms with Gasteiger partial charge in [-0.25, -0.2) is 9.37 Å². The highest BCUT2D eigenvalue weighted by Crippen LogP contribution is 2.21. The van der Waals surface area contributed by atoms with Gasteiger partial charge in [0.25, 0.3) is 0 Å². The van der Waals surface area contributed by atoms with Crippen LogP contribution in [0.15, 0.2) is 35.1 Å². The first-order chi connectivity index (χ1) is 5.77. The van der Waals surface area contributed by atoms with E-state index >= 15 is 0 Å². The van der Waals surface area contributed by atoms with Gasteiger partial charge in [0.05, 0.1) is 0 Å². The van der Waals surface area contributed by atoms with E-state index in [1.54, 1.807) is 18.3 Å². The monoisotopic (exact) mass is 225 g/mol.